The number of halogens is 2. The van der Waals surface area contributed by atoms with Crippen LogP contribution < -0.4 is 10.6 Å². The van der Waals surface area contributed by atoms with Crippen molar-refractivity contribution in [2.45, 2.75) is 56.9 Å². The molecule has 3 aliphatic rings. The number of benzene rings is 2. The van der Waals surface area contributed by atoms with E-state index in [1.54, 1.807) is 0 Å². The van der Waals surface area contributed by atoms with Crippen molar-refractivity contribution in [2.75, 3.05) is 26.2 Å². The van der Waals surface area contributed by atoms with E-state index in [4.69, 9.17) is 23.2 Å². The van der Waals surface area contributed by atoms with Gasteiger partial charge in [-0.3, -0.25) is 15.0 Å². The smallest absolute Gasteiger partial charge is 0.253 e. The monoisotopic (exact) mass is 514 g/mol. The van der Waals surface area contributed by atoms with E-state index in [0.717, 1.165) is 54.5 Å². The van der Waals surface area contributed by atoms with Gasteiger partial charge in [-0.1, -0.05) is 46.5 Å². The number of piperazine rings is 2. The summed E-state index contributed by atoms with van der Waals surface area (Å²) in [4.78, 5) is 29.0. The minimum atomic E-state index is -0.0511. The van der Waals surface area contributed by atoms with E-state index >= 15 is 0 Å². The molecule has 2 N–H and O–H groups in total. The predicted octanol–water partition coefficient (Wildman–Crippen LogP) is 4.12. The third kappa shape index (κ3) is 4.87. The quantitative estimate of drug-likeness (QED) is 0.567. The van der Waals surface area contributed by atoms with Gasteiger partial charge in [0, 0.05) is 49.7 Å². The molecule has 0 saturated carbocycles. The molecule has 0 radical (unpaired) electrons. The molecule has 35 heavy (non-hydrogen) atoms. The summed E-state index contributed by atoms with van der Waals surface area (Å²) in [7, 11) is 0. The summed E-state index contributed by atoms with van der Waals surface area (Å²) in [5, 5.41) is 8.58. The summed E-state index contributed by atoms with van der Waals surface area (Å²) in [5.41, 5.74) is 3.90. The van der Waals surface area contributed by atoms with Crippen LogP contribution in [0.4, 0.5) is 0 Å². The van der Waals surface area contributed by atoms with Gasteiger partial charge in [-0.2, -0.15) is 0 Å². The van der Waals surface area contributed by atoms with Gasteiger partial charge >= 0.3 is 0 Å². The second kappa shape index (κ2) is 9.83. The van der Waals surface area contributed by atoms with Crippen molar-refractivity contribution >= 4 is 35.4 Å². The highest BCUT2D eigenvalue weighted by molar-refractivity contribution is 6.42. The molecule has 3 unspecified atom stereocenters. The third-order valence-electron chi connectivity index (χ3n) is 7.75. The van der Waals surface area contributed by atoms with Gasteiger partial charge < -0.3 is 15.0 Å². The molecule has 186 valence electrons. The molecule has 0 aromatic heterocycles. The van der Waals surface area contributed by atoms with Gasteiger partial charge in [-0.25, -0.2) is 0 Å². The van der Waals surface area contributed by atoms with Crippen LogP contribution in [0.25, 0.3) is 0 Å². The summed E-state index contributed by atoms with van der Waals surface area (Å²) in [6.07, 6.45) is 3.52. The van der Waals surface area contributed by atoms with Crippen LogP contribution in [-0.2, 0) is 4.79 Å². The minimum Gasteiger partial charge on any atom is -0.335 e. The minimum absolute atomic E-state index is 0.0323. The Hall–Kier alpha value is -1.96. The van der Waals surface area contributed by atoms with Crippen LogP contribution in [-0.4, -0.2) is 65.9 Å². The van der Waals surface area contributed by atoms with Crippen LogP contribution in [0.5, 0.6) is 0 Å². The number of fused-ring (bicyclic) bond motifs is 2. The van der Waals surface area contributed by atoms with Gasteiger partial charge in [-0.15, -0.1) is 0 Å². The maximum Gasteiger partial charge on any atom is 0.253 e. The van der Waals surface area contributed by atoms with Crippen molar-refractivity contribution in [3.8, 4) is 0 Å². The summed E-state index contributed by atoms with van der Waals surface area (Å²) in [6, 6.07) is 12.1. The first-order chi connectivity index (χ1) is 16.8. The topological polar surface area (TPSA) is 64.7 Å². The van der Waals surface area contributed by atoms with Crippen molar-refractivity contribution in [3.05, 3.63) is 68.7 Å². The van der Waals surface area contributed by atoms with E-state index in [9.17, 15) is 9.59 Å². The van der Waals surface area contributed by atoms with E-state index in [1.807, 2.05) is 49.1 Å². The largest absolute Gasteiger partial charge is 0.335 e. The molecule has 2 bridgehead atoms. The van der Waals surface area contributed by atoms with Crippen LogP contribution in [0.3, 0.4) is 0 Å². The van der Waals surface area contributed by atoms with Gasteiger partial charge in [0.05, 0.1) is 22.3 Å². The fourth-order valence-electron chi connectivity index (χ4n) is 6.16. The normalized spacial score (nSPS) is 28.5. The molecule has 2 aromatic rings. The molecule has 3 heterocycles. The van der Waals surface area contributed by atoms with Crippen molar-refractivity contribution in [3.63, 3.8) is 0 Å². The van der Waals surface area contributed by atoms with E-state index in [2.05, 4.69) is 21.6 Å². The van der Waals surface area contributed by atoms with Gasteiger partial charge in [-0.05, 0) is 56.5 Å². The fraction of sp³-hybridized carbons (Fsp3) is 0.481. The Labute approximate surface area is 216 Å². The van der Waals surface area contributed by atoms with E-state index in [1.165, 1.54) is 0 Å². The Morgan fingerprint density at radius 3 is 2.60 bits per heavy atom. The molecule has 0 spiro atoms. The van der Waals surface area contributed by atoms with Gasteiger partial charge in [0.25, 0.3) is 5.91 Å². The molecule has 6 nitrogen and oxygen atoms in total. The average molecular weight is 515 g/mol. The number of amides is 1. The maximum absolute atomic E-state index is 13.5. The Balaban J connectivity index is 1.43. The summed E-state index contributed by atoms with van der Waals surface area (Å²) in [6.45, 7) is 6.88. The maximum atomic E-state index is 13.5. The lowest BCUT2D eigenvalue weighted by Gasteiger charge is -2.48. The highest BCUT2D eigenvalue weighted by Gasteiger charge is 2.53. The number of carbonyl (C=O) groups is 2. The zero-order valence-corrected chi connectivity index (χ0v) is 21.7. The summed E-state index contributed by atoms with van der Waals surface area (Å²) >= 11 is 12.6. The van der Waals surface area contributed by atoms with Gasteiger partial charge in [0.15, 0.2) is 0 Å². The zero-order chi connectivity index (χ0) is 24.7. The lowest BCUT2D eigenvalue weighted by atomic mass is 9.94. The number of rotatable bonds is 6. The summed E-state index contributed by atoms with van der Waals surface area (Å²) in [5.74, 6) is 0.0583. The SMILES string of the molecule is Cc1cc(C)cc(C(=O)N2CCN(C3NC4(CCC=O)CNC3C4)[C@H](c3ccc(Cl)c(Cl)c3)C2)c1. The van der Waals surface area contributed by atoms with Gasteiger partial charge in [0.2, 0.25) is 0 Å². The number of nitrogens with zero attached hydrogens (tertiary/aromatic N) is 2. The Kier molecular flexibility index (Phi) is 6.94. The van der Waals surface area contributed by atoms with Crippen LogP contribution in [0, 0.1) is 13.8 Å². The number of carbonyl (C=O) groups excluding carboxylic acids is 2. The highest BCUT2D eigenvalue weighted by Crippen LogP contribution is 2.39. The third-order valence-corrected chi connectivity index (χ3v) is 8.49. The fourth-order valence-corrected chi connectivity index (χ4v) is 6.47. The molecule has 3 saturated heterocycles. The number of aldehydes is 1. The molecule has 1 amide bonds. The second-order valence-electron chi connectivity index (χ2n) is 10.3. The molecular weight excluding hydrogens is 483 g/mol. The van der Waals surface area contributed by atoms with Crippen molar-refractivity contribution in [1.29, 1.82) is 0 Å². The molecule has 5 rings (SSSR count). The number of hydrogen-bond acceptors (Lipinski definition) is 5. The van der Waals surface area contributed by atoms with Gasteiger partial charge in [0.1, 0.15) is 6.29 Å². The number of aryl methyl sites for hydroxylation is 2. The first kappa shape index (κ1) is 24.7. The predicted molar refractivity (Wildman–Crippen MR) is 139 cm³/mol. The van der Waals surface area contributed by atoms with E-state index in [-0.39, 0.29) is 23.7 Å². The van der Waals surface area contributed by atoms with Crippen LogP contribution in [0.2, 0.25) is 10.0 Å². The highest BCUT2D eigenvalue weighted by atomic mass is 35.5. The number of hydrogen-bond donors (Lipinski definition) is 2. The first-order valence-electron chi connectivity index (χ1n) is 12.3. The molecule has 3 aliphatic heterocycles. The van der Waals surface area contributed by atoms with Crippen LogP contribution in [0.1, 0.15) is 52.4 Å². The van der Waals surface area contributed by atoms with Crippen molar-refractivity contribution < 1.29 is 9.59 Å². The lowest BCUT2D eigenvalue weighted by molar-refractivity contribution is -0.108. The molecule has 4 atom stereocenters. The standard InChI is InChI=1S/C27H32Cl2N4O2/c1-17-10-18(2)12-20(11-17)26(35)32-7-8-33(24(15-32)19-4-5-21(28)22(29)13-19)25-23-14-27(31-25,16-30-23)6-3-9-34/h4-5,9-13,23-25,30-31H,3,6-8,14-16H2,1-2H3/t23?,24-,25?,27?/m0/s1. The van der Waals surface area contributed by atoms with Crippen molar-refractivity contribution in [2.24, 2.45) is 0 Å². The Morgan fingerprint density at radius 2 is 1.89 bits per heavy atom. The average Bonchev–Trinajstić information content (AvgIpc) is 3.42. The summed E-state index contributed by atoms with van der Waals surface area (Å²) < 4.78 is 0. The molecule has 3 fully saturated rings. The molecular formula is C27H32Cl2N4O2. The van der Waals surface area contributed by atoms with E-state index in [0.29, 0.717) is 35.6 Å². The first-order valence-corrected chi connectivity index (χ1v) is 13.1. The van der Waals surface area contributed by atoms with Crippen LogP contribution >= 0.6 is 23.2 Å². The van der Waals surface area contributed by atoms with Crippen LogP contribution in [0.15, 0.2) is 36.4 Å². The van der Waals surface area contributed by atoms with Crippen molar-refractivity contribution in [1.82, 2.24) is 20.4 Å². The Morgan fingerprint density at radius 1 is 1.11 bits per heavy atom. The zero-order valence-electron chi connectivity index (χ0n) is 20.2. The molecule has 0 aliphatic carbocycles. The second-order valence-corrected chi connectivity index (χ2v) is 11.1. The lowest BCUT2D eigenvalue weighted by Crippen LogP contribution is -2.65. The van der Waals surface area contributed by atoms with E-state index < -0.39 is 0 Å². The Bertz CT molecular complexity index is 1120. The molecule has 2 aromatic carbocycles. The number of nitrogens with one attached hydrogen (secondary N) is 2. The molecule has 8 heteroatoms.